The summed E-state index contributed by atoms with van der Waals surface area (Å²) in [4.78, 5) is 11.9. The monoisotopic (exact) mass is 352 g/mol. The number of carbonyl (C=O) groups excluding carboxylic acids is 1. The lowest BCUT2D eigenvalue weighted by Gasteiger charge is -2.08. The molecule has 0 heterocycles. The molecule has 0 aromatic heterocycles. The van der Waals surface area contributed by atoms with Gasteiger partial charge >= 0.3 is 6.03 Å². The highest BCUT2D eigenvalue weighted by atomic mass is 16.5. The number of methoxy groups -OCH3 is 1. The van der Waals surface area contributed by atoms with Gasteiger partial charge in [-0.2, -0.15) is 0 Å². The molecule has 0 bridgehead atoms. The number of unbranched alkanes of at least 4 members (excludes halogenated alkanes) is 1. The quantitative estimate of drug-likeness (QED) is 0.584. The summed E-state index contributed by atoms with van der Waals surface area (Å²) >= 11 is 0. The number of amides is 2. The number of hydrogen-bond donors (Lipinski definition) is 2. The van der Waals surface area contributed by atoms with Crippen molar-refractivity contribution < 1.29 is 14.3 Å². The van der Waals surface area contributed by atoms with Crippen molar-refractivity contribution in [2.45, 2.75) is 19.8 Å². The Hall–Kier alpha value is -3.13. The summed E-state index contributed by atoms with van der Waals surface area (Å²) < 4.78 is 10.7. The van der Waals surface area contributed by atoms with Crippen LogP contribution in [0.4, 0.5) is 10.5 Å². The van der Waals surface area contributed by atoms with E-state index in [1.807, 2.05) is 48.5 Å². The maximum absolute atomic E-state index is 11.9. The normalized spacial score (nSPS) is 9.62. The SMILES string of the molecule is CCCCOc1ccc(NC(=O)NCC#Cc2ccc(OC)cc2)cc1. The van der Waals surface area contributed by atoms with Crippen LogP contribution in [-0.4, -0.2) is 26.3 Å². The van der Waals surface area contributed by atoms with E-state index in [1.54, 1.807) is 7.11 Å². The summed E-state index contributed by atoms with van der Waals surface area (Å²) in [6, 6.07) is 14.4. The molecule has 0 aliphatic carbocycles. The predicted molar refractivity (Wildman–Crippen MR) is 104 cm³/mol. The van der Waals surface area contributed by atoms with Crippen molar-refractivity contribution in [1.82, 2.24) is 5.32 Å². The maximum Gasteiger partial charge on any atom is 0.319 e. The number of rotatable bonds is 7. The fourth-order valence-corrected chi connectivity index (χ4v) is 2.09. The Kier molecular flexibility index (Phi) is 7.88. The second-order valence-corrected chi connectivity index (χ2v) is 5.56. The third kappa shape index (κ3) is 6.78. The molecular weight excluding hydrogens is 328 g/mol. The molecule has 0 aliphatic rings. The van der Waals surface area contributed by atoms with Crippen LogP contribution >= 0.6 is 0 Å². The summed E-state index contributed by atoms with van der Waals surface area (Å²) in [5.74, 6) is 7.48. The van der Waals surface area contributed by atoms with Crippen molar-refractivity contribution in [3.05, 3.63) is 54.1 Å². The van der Waals surface area contributed by atoms with Gasteiger partial charge in [0, 0.05) is 11.3 Å². The van der Waals surface area contributed by atoms with E-state index in [-0.39, 0.29) is 12.6 Å². The zero-order chi connectivity index (χ0) is 18.6. The molecule has 2 amide bonds. The van der Waals surface area contributed by atoms with Gasteiger partial charge in [-0.05, 0) is 55.0 Å². The summed E-state index contributed by atoms with van der Waals surface area (Å²) in [7, 11) is 1.62. The van der Waals surface area contributed by atoms with Crippen molar-refractivity contribution in [2.75, 3.05) is 25.6 Å². The van der Waals surface area contributed by atoms with Gasteiger partial charge in [0.25, 0.3) is 0 Å². The van der Waals surface area contributed by atoms with Gasteiger partial charge in [0.1, 0.15) is 11.5 Å². The number of anilines is 1. The Labute approximate surface area is 154 Å². The first-order valence-electron chi connectivity index (χ1n) is 8.62. The van der Waals surface area contributed by atoms with E-state index < -0.39 is 0 Å². The molecule has 0 saturated heterocycles. The third-order valence-corrected chi connectivity index (χ3v) is 3.54. The molecule has 2 rings (SSSR count). The van der Waals surface area contributed by atoms with Crippen molar-refractivity contribution in [3.8, 4) is 23.3 Å². The first-order valence-corrected chi connectivity index (χ1v) is 8.62. The molecule has 136 valence electrons. The van der Waals surface area contributed by atoms with Crippen LogP contribution in [-0.2, 0) is 0 Å². The van der Waals surface area contributed by atoms with Crippen LogP contribution in [0.15, 0.2) is 48.5 Å². The molecular formula is C21H24N2O3. The summed E-state index contributed by atoms with van der Waals surface area (Å²) in [5, 5.41) is 5.46. The lowest BCUT2D eigenvalue weighted by molar-refractivity contribution is 0.253. The molecule has 0 atom stereocenters. The highest BCUT2D eigenvalue weighted by Gasteiger charge is 2.00. The van der Waals surface area contributed by atoms with Gasteiger partial charge in [-0.15, -0.1) is 0 Å². The van der Waals surface area contributed by atoms with Crippen molar-refractivity contribution in [1.29, 1.82) is 0 Å². The van der Waals surface area contributed by atoms with Crippen LogP contribution < -0.4 is 20.1 Å². The number of benzene rings is 2. The molecule has 5 nitrogen and oxygen atoms in total. The number of urea groups is 1. The van der Waals surface area contributed by atoms with E-state index in [2.05, 4.69) is 29.4 Å². The average molecular weight is 352 g/mol. The van der Waals surface area contributed by atoms with Crippen molar-refractivity contribution in [3.63, 3.8) is 0 Å². The minimum absolute atomic E-state index is 0.260. The topological polar surface area (TPSA) is 59.6 Å². The van der Waals surface area contributed by atoms with Gasteiger partial charge in [0.05, 0.1) is 20.3 Å². The molecule has 0 radical (unpaired) electrons. The van der Waals surface area contributed by atoms with Gasteiger partial charge in [0.2, 0.25) is 0 Å². The molecule has 0 fully saturated rings. The Morgan fingerprint density at radius 3 is 2.38 bits per heavy atom. The number of hydrogen-bond acceptors (Lipinski definition) is 3. The lowest BCUT2D eigenvalue weighted by atomic mass is 10.2. The Bertz CT molecular complexity index is 744. The van der Waals surface area contributed by atoms with Gasteiger partial charge < -0.3 is 20.1 Å². The predicted octanol–water partition coefficient (Wildman–Crippen LogP) is 4.05. The van der Waals surface area contributed by atoms with E-state index in [9.17, 15) is 4.79 Å². The van der Waals surface area contributed by atoms with Crippen LogP contribution in [0, 0.1) is 11.8 Å². The highest BCUT2D eigenvalue weighted by Crippen LogP contribution is 2.16. The number of carbonyl (C=O) groups is 1. The molecule has 2 N–H and O–H groups in total. The van der Waals surface area contributed by atoms with E-state index in [0.717, 1.165) is 29.9 Å². The Balaban J connectivity index is 1.74. The fourth-order valence-electron chi connectivity index (χ4n) is 2.09. The molecule has 26 heavy (non-hydrogen) atoms. The molecule has 0 spiro atoms. The smallest absolute Gasteiger partial charge is 0.319 e. The van der Waals surface area contributed by atoms with Crippen molar-refractivity contribution in [2.24, 2.45) is 0 Å². The van der Waals surface area contributed by atoms with E-state index in [4.69, 9.17) is 9.47 Å². The largest absolute Gasteiger partial charge is 0.497 e. The molecule has 5 heteroatoms. The lowest BCUT2D eigenvalue weighted by Crippen LogP contribution is -2.28. The molecule has 2 aromatic rings. The van der Waals surface area contributed by atoms with Crippen LogP contribution in [0.3, 0.4) is 0 Å². The van der Waals surface area contributed by atoms with Crippen LogP contribution in [0.2, 0.25) is 0 Å². The number of ether oxygens (including phenoxy) is 2. The maximum atomic E-state index is 11.9. The second kappa shape index (κ2) is 10.7. The second-order valence-electron chi connectivity index (χ2n) is 5.56. The van der Waals surface area contributed by atoms with E-state index >= 15 is 0 Å². The number of nitrogens with one attached hydrogen (secondary N) is 2. The van der Waals surface area contributed by atoms with Crippen molar-refractivity contribution >= 4 is 11.7 Å². The van der Waals surface area contributed by atoms with Gasteiger partial charge in [0.15, 0.2) is 0 Å². The Morgan fingerprint density at radius 1 is 1.04 bits per heavy atom. The molecule has 0 aliphatic heterocycles. The first kappa shape index (κ1) is 19.2. The minimum atomic E-state index is -0.298. The summed E-state index contributed by atoms with van der Waals surface area (Å²) in [6.45, 7) is 3.09. The van der Waals surface area contributed by atoms with E-state index in [0.29, 0.717) is 12.3 Å². The van der Waals surface area contributed by atoms with Crippen LogP contribution in [0.5, 0.6) is 11.5 Å². The van der Waals surface area contributed by atoms with E-state index in [1.165, 1.54) is 0 Å². The first-order chi connectivity index (χ1) is 12.7. The standard InChI is InChI=1S/C21H24N2O3/c1-3-4-16-26-20-13-9-18(10-14-20)23-21(24)22-15-5-6-17-7-11-19(25-2)12-8-17/h7-14H,3-4,15-16H2,1-2H3,(H2,22,23,24). The van der Waals surface area contributed by atoms with Crippen LogP contribution in [0.25, 0.3) is 0 Å². The zero-order valence-corrected chi connectivity index (χ0v) is 15.2. The minimum Gasteiger partial charge on any atom is -0.497 e. The summed E-state index contributed by atoms with van der Waals surface area (Å²) in [6.07, 6.45) is 2.13. The van der Waals surface area contributed by atoms with Gasteiger partial charge in [-0.25, -0.2) is 4.79 Å². The van der Waals surface area contributed by atoms with Gasteiger partial charge in [-0.1, -0.05) is 25.2 Å². The fraction of sp³-hybridized carbons (Fsp3) is 0.286. The highest BCUT2D eigenvalue weighted by molar-refractivity contribution is 5.89. The average Bonchev–Trinajstić information content (AvgIpc) is 2.67. The van der Waals surface area contributed by atoms with Gasteiger partial charge in [-0.3, -0.25) is 0 Å². The molecule has 0 unspecified atom stereocenters. The molecule has 2 aromatic carbocycles. The Morgan fingerprint density at radius 2 is 1.73 bits per heavy atom. The molecule has 0 saturated carbocycles. The zero-order valence-electron chi connectivity index (χ0n) is 15.2. The van der Waals surface area contributed by atoms with Crippen LogP contribution in [0.1, 0.15) is 25.3 Å². The third-order valence-electron chi connectivity index (χ3n) is 3.54. The summed E-state index contributed by atoms with van der Waals surface area (Å²) in [5.41, 5.74) is 1.57.